The summed E-state index contributed by atoms with van der Waals surface area (Å²) in [4.78, 5) is 21.8. The lowest BCUT2D eigenvalue weighted by Gasteiger charge is -1.96. The Hall–Kier alpha value is -1.56. The first kappa shape index (κ1) is 10.5. The molecule has 0 spiro atoms. The predicted octanol–water partition coefficient (Wildman–Crippen LogP) is 1.08. The third-order valence-electron chi connectivity index (χ3n) is 1.45. The molecule has 0 saturated heterocycles. The highest BCUT2D eigenvalue weighted by molar-refractivity contribution is 7.18. The van der Waals surface area contributed by atoms with Crippen LogP contribution in [0, 0.1) is 0 Å². The molecule has 0 bridgehead atoms. The number of amides is 1. The molecule has 0 aromatic carbocycles. The van der Waals surface area contributed by atoms with E-state index in [4.69, 9.17) is 10.5 Å². The highest BCUT2D eigenvalue weighted by Gasteiger charge is 2.13. The molecule has 1 rings (SSSR count). The van der Waals surface area contributed by atoms with E-state index in [9.17, 15) is 9.59 Å². The van der Waals surface area contributed by atoms with E-state index in [1.165, 1.54) is 6.07 Å². The number of hydrogen-bond acceptors (Lipinski definition) is 5. The smallest absolute Gasteiger partial charge is 0.348 e. The van der Waals surface area contributed by atoms with Gasteiger partial charge in [-0.05, 0) is 13.0 Å². The number of nitrogens with one attached hydrogen (secondary N) is 1. The third kappa shape index (κ3) is 2.23. The number of anilines is 2. The summed E-state index contributed by atoms with van der Waals surface area (Å²) in [6.45, 7) is 2.03. The quantitative estimate of drug-likeness (QED) is 0.580. The van der Waals surface area contributed by atoms with Crippen molar-refractivity contribution in [2.45, 2.75) is 6.92 Å². The summed E-state index contributed by atoms with van der Waals surface area (Å²) in [6.07, 6.45) is 0.507. The van der Waals surface area contributed by atoms with E-state index in [-0.39, 0.29) is 0 Å². The van der Waals surface area contributed by atoms with E-state index in [0.29, 0.717) is 28.6 Å². The zero-order valence-corrected chi connectivity index (χ0v) is 8.39. The normalized spacial score (nSPS) is 9.50. The maximum Gasteiger partial charge on any atom is 0.348 e. The summed E-state index contributed by atoms with van der Waals surface area (Å²) in [5.74, 6) is -0.428. The Morgan fingerprint density at radius 2 is 2.50 bits per heavy atom. The minimum Gasteiger partial charge on any atom is -0.462 e. The zero-order chi connectivity index (χ0) is 10.6. The number of hydrogen-bond donors (Lipinski definition) is 2. The largest absolute Gasteiger partial charge is 0.462 e. The SMILES string of the molecule is CCOC(=O)c1cc(NC=O)c(N)s1. The van der Waals surface area contributed by atoms with Gasteiger partial charge in [0, 0.05) is 0 Å². The first-order chi connectivity index (χ1) is 6.69. The van der Waals surface area contributed by atoms with Gasteiger partial charge in [-0.1, -0.05) is 0 Å². The van der Waals surface area contributed by atoms with Crippen LogP contribution in [0.3, 0.4) is 0 Å². The lowest BCUT2D eigenvalue weighted by molar-refractivity contribution is -0.105. The first-order valence-electron chi connectivity index (χ1n) is 3.95. The van der Waals surface area contributed by atoms with Gasteiger partial charge in [0.05, 0.1) is 12.3 Å². The molecule has 0 atom stereocenters. The number of nitrogens with two attached hydrogens (primary N) is 1. The summed E-state index contributed by atoms with van der Waals surface area (Å²) in [6, 6.07) is 1.49. The van der Waals surface area contributed by atoms with Gasteiger partial charge in [0.2, 0.25) is 6.41 Å². The fourth-order valence-electron chi connectivity index (χ4n) is 0.884. The van der Waals surface area contributed by atoms with Gasteiger partial charge in [0.15, 0.2) is 0 Å². The van der Waals surface area contributed by atoms with Crippen molar-refractivity contribution < 1.29 is 14.3 Å². The minimum absolute atomic E-state index is 0.313. The third-order valence-corrected chi connectivity index (χ3v) is 2.40. The van der Waals surface area contributed by atoms with Crippen molar-refractivity contribution in [2.75, 3.05) is 17.7 Å². The Morgan fingerprint density at radius 1 is 1.79 bits per heavy atom. The Labute approximate surface area is 84.9 Å². The van der Waals surface area contributed by atoms with Crippen molar-refractivity contribution in [2.24, 2.45) is 0 Å². The molecule has 0 fully saturated rings. The number of nitrogen functional groups attached to an aromatic ring is 1. The molecule has 6 heteroatoms. The highest BCUT2D eigenvalue weighted by atomic mass is 32.1. The molecular formula is C8H10N2O3S. The Bertz CT molecular complexity index is 348. The molecule has 0 unspecified atom stereocenters. The summed E-state index contributed by atoms with van der Waals surface area (Å²) in [7, 11) is 0. The molecule has 3 N–H and O–H groups in total. The van der Waals surface area contributed by atoms with E-state index in [2.05, 4.69) is 5.32 Å². The number of carbonyl (C=O) groups is 2. The first-order valence-corrected chi connectivity index (χ1v) is 4.77. The minimum atomic E-state index is -0.428. The molecule has 1 aromatic heterocycles. The number of thiophene rings is 1. The van der Waals surface area contributed by atoms with Crippen LogP contribution in [0.25, 0.3) is 0 Å². The molecular weight excluding hydrogens is 204 g/mol. The Balaban J connectivity index is 2.84. The number of esters is 1. The number of rotatable bonds is 4. The van der Waals surface area contributed by atoms with Crippen LogP contribution in [-0.4, -0.2) is 19.0 Å². The average Bonchev–Trinajstić information content (AvgIpc) is 2.49. The average molecular weight is 214 g/mol. The molecule has 1 heterocycles. The van der Waals surface area contributed by atoms with E-state index in [0.717, 1.165) is 11.3 Å². The van der Waals surface area contributed by atoms with Crippen molar-refractivity contribution in [3.8, 4) is 0 Å². The van der Waals surface area contributed by atoms with Crippen LogP contribution in [0.5, 0.6) is 0 Å². The number of carbonyl (C=O) groups excluding carboxylic acids is 2. The zero-order valence-electron chi connectivity index (χ0n) is 7.57. The highest BCUT2D eigenvalue weighted by Crippen LogP contribution is 2.29. The molecule has 0 saturated carbocycles. The molecule has 0 aliphatic heterocycles. The maximum atomic E-state index is 11.2. The van der Waals surface area contributed by atoms with Gasteiger partial charge in [0.1, 0.15) is 9.88 Å². The molecule has 14 heavy (non-hydrogen) atoms. The maximum absolute atomic E-state index is 11.2. The van der Waals surface area contributed by atoms with Gasteiger partial charge in [-0.15, -0.1) is 11.3 Å². The second-order valence-corrected chi connectivity index (χ2v) is 3.46. The van der Waals surface area contributed by atoms with Crippen LogP contribution in [0.15, 0.2) is 6.07 Å². The van der Waals surface area contributed by atoms with Crippen LogP contribution >= 0.6 is 11.3 Å². The Morgan fingerprint density at radius 3 is 3.07 bits per heavy atom. The number of ether oxygens (including phenoxy) is 1. The van der Waals surface area contributed by atoms with Gasteiger partial charge < -0.3 is 15.8 Å². The standard InChI is InChI=1S/C8H10N2O3S/c1-2-13-8(12)6-3-5(10-4-11)7(9)14-6/h3-4H,2,9H2,1H3,(H,10,11). The second kappa shape index (κ2) is 4.61. The van der Waals surface area contributed by atoms with Crippen LogP contribution in [0.4, 0.5) is 10.7 Å². The van der Waals surface area contributed by atoms with Crippen molar-refractivity contribution in [1.82, 2.24) is 0 Å². The van der Waals surface area contributed by atoms with Crippen molar-refractivity contribution in [3.05, 3.63) is 10.9 Å². The summed E-state index contributed by atoms with van der Waals surface area (Å²) >= 11 is 1.08. The van der Waals surface area contributed by atoms with Crippen molar-refractivity contribution >= 4 is 34.4 Å². The van der Waals surface area contributed by atoms with E-state index in [1.807, 2.05) is 0 Å². The molecule has 0 radical (unpaired) electrons. The molecule has 1 amide bonds. The van der Waals surface area contributed by atoms with Crippen LogP contribution < -0.4 is 11.1 Å². The van der Waals surface area contributed by atoms with Crippen LogP contribution in [0.1, 0.15) is 16.6 Å². The van der Waals surface area contributed by atoms with Crippen LogP contribution in [0.2, 0.25) is 0 Å². The van der Waals surface area contributed by atoms with Gasteiger partial charge in [-0.25, -0.2) is 4.79 Å². The van der Waals surface area contributed by atoms with Crippen LogP contribution in [-0.2, 0) is 9.53 Å². The topological polar surface area (TPSA) is 81.4 Å². The van der Waals surface area contributed by atoms with Gasteiger partial charge in [-0.2, -0.15) is 0 Å². The van der Waals surface area contributed by atoms with E-state index in [1.54, 1.807) is 6.92 Å². The van der Waals surface area contributed by atoms with E-state index >= 15 is 0 Å². The molecule has 76 valence electrons. The summed E-state index contributed by atoms with van der Waals surface area (Å²) in [5, 5.41) is 2.78. The fourth-order valence-corrected chi connectivity index (χ4v) is 1.67. The van der Waals surface area contributed by atoms with Crippen molar-refractivity contribution in [1.29, 1.82) is 0 Å². The Kier molecular flexibility index (Phi) is 3.47. The molecule has 1 aromatic rings. The molecule has 0 aliphatic rings. The molecule has 0 aliphatic carbocycles. The fraction of sp³-hybridized carbons (Fsp3) is 0.250. The van der Waals surface area contributed by atoms with Gasteiger partial charge in [-0.3, -0.25) is 4.79 Å². The van der Waals surface area contributed by atoms with Gasteiger partial charge in [0.25, 0.3) is 0 Å². The lowest BCUT2D eigenvalue weighted by Crippen LogP contribution is -2.01. The van der Waals surface area contributed by atoms with Gasteiger partial charge >= 0.3 is 5.97 Å². The van der Waals surface area contributed by atoms with E-state index < -0.39 is 5.97 Å². The summed E-state index contributed by atoms with van der Waals surface area (Å²) < 4.78 is 4.77. The lowest BCUT2D eigenvalue weighted by atomic mass is 10.4. The monoisotopic (exact) mass is 214 g/mol. The summed E-state index contributed by atoms with van der Waals surface area (Å²) in [5.41, 5.74) is 5.99. The molecule has 5 nitrogen and oxygen atoms in total. The predicted molar refractivity (Wildman–Crippen MR) is 54.4 cm³/mol. The van der Waals surface area contributed by atoms with Crippen molar-refractivity contribution in [3.63, 3.8) is 0 Å². The second-order valence-electron chi connectivity index (χ2n) is 2.37.